The van der Waals surface area contributed by atoms with Gasteiger partial charge in [0.05, 0.1) is 5.75 Å². The van der Waals surface area contributed by atoms with Crippen LogP contribution in [-0.2, 0) is 9.84 Å². The van der Waals surface area contributed by atoms with Gasteiger partial charge in [-0.05, 0) is 52.7 Å². The van der Waals surface area contributed by atoms with Gasteiger partial charge < -0.3 is 10.2 Å². The Morgan fingerprint density at radius 3 is 2.74 bits per heavy atom. The maximum Gasteiger partial charge on any atom is 0.151 e. The largest absolute Gasteiger partial charge is 0.313 e. The monoisotopic (exact) mass is 290 g/mol. The average Bonchev–Trinajstić information content (AvgIpc) is 2.36. The molecule has 1 aliphatic heterocycles. The molecule has 1 heterocycles. The first kappa shape index (κ1) is 16.9. The standard InChI is InChI=1S/C14H30N2O2S/c1-4-19(17,18)12-13(2)15-9-7-11-16-10-6-5-8-14(16)3/h13-15H,4-12H2,1-3H3. The van der Waals surface area contributed by atoms with Crippen LogP contribution in [0.5, 0.6) is 0 Å². The second-order valence-corrected chi connectivity index (χ2v) is 8.19. The average molecular weight is 290 g/mol. The highest BCUT2D eigenvalue weighted by molar-refractivity contribution is 7.91. The summed E-state index contributed by atoms with van der Waals surface area (Å²) in [6.45, 7) is 9.23. The normalized spacial score (nSPS) is 23.4. The molecule has 0 aromatic carbocycles. The zero-order valence-corrected chi connectivity index (χ0v) is 13.5. The van der Waals surface area contributed by atoms with Crippen molar-refractivity contribution in [2.75, 3.05) is 31.1 Å². The summed E-state index contributed by atoms with van der Waals surface area (Å²) in [7, 11) is -2.86. The Morgan fingerprint density at radius 2 is 2.11 bits per heavy atom. The van der Waals surface area contributed by atoms with E-state index >= 15 is 0 Å². The van der Waals surface area contributed by atoms with Gasteiger partial charge in [0.1, 0.15) is 0 Å². The van der Waals surface area contributed by atoms with Crippen molar-refractivity contribution in [2.24, 2.45) is 0 Å². The van der Waals surface area contributed by atoms with E-state index < -0.39 is 9.84 Å². The van der Waals surface area contributed by atoms with Gasteiger partial charge >= 0.3 is 0 Å². The Kier molecular flexibility index (Phi) is 7.32. The third kappa shape index (κ3) is 6.72. The highest BCUT2D eigenvalue weighted by Crippen LogP contribution is 2.16. The molecule has 0 radical (unpaired) electrons. The van der Waals surface area contributed by atoms with E-state index in [2.05, 4.69) is 17.1 Å². The zero-order chi connectivity index (χ0) is 14.3. The predicted molar refractivity (Wildman–Crippen MR) is 81.3 cm³/mol. The molecule has 0 aliphatic carbocycles. The fourth-order valence-electron chi connectivity index (χ4n) is 2.68. The van der Waals surface area contributed by atoms with Crippen LogP contribution in [0.1, 0.15) is 46.5 Å². The lowest BCUT2D eigenvalue weighted by Crippen LogP contribution is -2.40. The topological polar surface area (TPSA) is 49.4 Å². The molecule has 1 fully saturated rings. The summed E-state index contributed by atoms with van der Waals surface area (Å²) in [4.78, 5) is 2.55. The quantitative estimate of drug-likeness (QED) is 0.691. The van der Waals surface area contributed by atoms with E-state index in [0.717, 1.165) is 19.5 Å². The maximum atomic E-state index is 11.5. The summed E-state index contributed by atoms with van der Waals surface area (Å²) in [6, 6.07) is 0.773. The maximum absolute atomic E-state index is 11.5. The van der Waals surface area contributed by atoms with Crippen LogP contribution in [0, 0.1) is 0 Å². The molecule has 0 spiro atoms. The van der Waals surface area contributed by atoms with Gasteiger partial charge in [-0.25, -0.2) is 8.42 Å². The SMILES string of the molecule is CCS(=O)(=O)CC(C)NCCCN1CCCCC1C. The molecule has 2 atom stereocenters. The molecule has 0 aromatic heterocycles. The van der Waals surface area contributed by atoms with Crippen LogP contribution >= 0.6 is 0 Å². The predicted octanol–water partition coefficient (Wildman–Crippen LogP) is 1.66. The Morgan fingerprint density at radius 1 is 1.37 bits per heavy atom. The van der Waals surface area contributed by atoms with E-state index in [4.69, 9.17) is 0 Å². The molecule has 1 aliphatic rings. The first-order valence-corrected chi connectivity index (χ1v) is 9.44. The molecule has 4 nitrogen and oxygen atoms in total. The van der Waals surface area contributed by atoms with Gasteiger partial charge in [0.15, 0.2) is 9.84 Å². The molecule has 2 unspecified atom stereocenters. The lowest BCUT2D eigenvalue weighted by atomic mass is 10.0. The number of hydrogen-bond donors (Lipinski definition) is 1. The molecule has 1 saturated heterocycles. The molecular formula is C14H30N2O2S. The fraction of sp³-hybridized carbons (Fsp3) is 1.00. The molecular weight excluding hydrogens is 260 g/mol. The summed E-state index contributed by atoms with van der Waals surface area (Å²) >= 11 is 0. The van der Waals surface area contributed by atoms with E-state index in [-0.39, 0.29) is 17.5 Å². The molecule has 0 saturated carbocycles. The lowest BCUT2D eigenvalue weighted by Gasteiger charge is -2.33. The van der Waals surface area contributed by atoms with E-state index in [9.17, 15) is 8.42 Å². The number of piperidine rings is 1. The summed E-state index contributed by atoms with van der Waals surface area (Å²) < 4.78 is 23.0. The number of nitrogens with zero attached hydrogens (tertiary/aromatic N) is 1. The Bertz CT molecular complexity index is 343. The van der Waals surface area contributed by atoms with Crippen LogP contribution in [0.2, 0.25) is 0 Å². The van der Waals surface area contributed by atoms with Crippen LogP contribution in [0.25, 0.3) is 0 Å². The minimum absolute atomic E-state index is 0.0590. The minimum Gasteiger partial charge on any atom is -0.313 e. The van der Waals surface area contributed by atoms with Gasteiger partial charge in [-0.3, -0.25) is 0 Å². The van der Waals surface area contributed by atoms with Crippen molar-refractivity contribution < 1.29 is 8.42 Å². The number of sulfone groups is 1. The second kappa shape index (κ2) is 8.22. The van der Waals surface area contributed by atoms with Crippen LogP contribution in [0.15, 0.2) is 0 Å². The van der Waals surface area contributed by atoms with E-state index in [1.807, 2.05) is 6.92 Å². The molecule has 0 aromatic rings. The van der Waals surface area contributed by atoms with Gasteiger partial charge in [0.2, 0.25) is 0 Å². The van der Waals surface area contributed by atoms with Crippen molar-refractivity contribution in [1.29, 1.82) is 0 Å². The minimum atomic E-state index is -2.86. The summed E-state index contributed by atoms with van der Waals surface area (Å²) in [5, 5.41) is 3.32. The highest BCUT2D eigenvalue weighted by Gasteiger charge is 2.17. The lowest BCUT2D eigenvalue weighted by molar-refractivity contribution is 0.158. The van der Waals surface area contributed by atoms with Crippen molar-refractivity contribution in [3.63, 3.8) is 0 Å². The molecule has 0 amide bonds. The van der Waals surface area contributed by atoms with Crippen molar-refractivity contribution in [3.8, 4) is 0 Å². The molecule has 1 N–H and O–H groups in total. The molecule has 5 heteroatoms. The first-order chi connectivity index (χ1) is 8.94. The van der Waals surface area contributed by atoms with Crippen molar-refractivity contribution in [3.05, 3.63) is 0 Å². The van der Waals surface area contributed by atoms with Gasteiger partial charge in [-0.15, -0.1) is 0 Å². The van der Waals surface area contributed by atoms with E-state index in [1.165, 1.54) is 25.8 Å². The van der Waals surface area contributed by atoms with Gasteiger partial charge in [0.25, 0.3) is 0 Å². The van der Waals surface area contributed by atoms with E-state index in [1.54, 1.807) is 6.92 Å². The van der Waals surface area contributed by atoms with Crippen molar-refractivity contribution in [1.82, 2.24) is 10.2 Å². The molecule has 0 bridgehead atoms. The van der Waals surface area contributed by atoms with Crippen LogP contribution < -0.4 is 5.32 Å². The number of nitrogens with one attached hydrogen (secondary N) is 1. The number of rotatable bonds is 8. The molecule has 19 heavy (non-hydrogen) atoms. The summed E-state index contributed by atoms with van der Waals surface area (Å²) in [5.74, 6) is 0.494. The van der Waals surface area contributed by atoms with Crippen molar-refractivity contribution in [2.45, 2.75) is 58.5 Å². The molecule has 1 rings (SSSR count). The van der Waals surface area contributed by atoms with Crippen LogP contribution in [-0.4, -0.2) is 56.5 Å². The van der Waals surface area contributed by atoms with Crippen LogP contribution in [0.3, 0.4) is 0 Å². The van der Waals surface area contributed by atoms with E-state index in [0.29, 0.717) is 6.04 Å². The number of hydrogen-bond acceptors (Lipinski definition) is 4. The Balaban J connectivity index is 2.13. The van der Waals surface area contributed by atoms with Gasteiger partial charge in [-0.2, -0.15) is 0 Å². The Labute approximate surface area is 118 Å². The number of likely N-dealkylation sites (tertiary alicyclic amines) is 1. The Hall–Kier alpha value is -0.130. The smallest absolute Gasteiger partial charge is 0.151 e. The molecule has 114 valence electrons. The van der Waals surface area contributed by atoms with Crippen molar-refractivity contribution >= 4 is 9.84 Å². The third-order valence-electron chi connectivity index (χ3n) is 4.00. The zero-order valence-electron chi connectivity index (χ0n) is 12.7. The van der Waals surface area contributed by atoms with Gasteiger partial charge in [-0.1, -0.05) is 13.3 Å². The first-order valence-electron chi connectivity index (χ1n) is 7.62. The highest BCUT2D eigenvalue weighted by atomic mass is 32.2. The third-order valence-corrected chi connectivity index (χ3v) is 5.89. The summed E-state index contributed by atoms with van der Waals surface area (Å²) in [6.07, 6.45) is 5.10. The second-order valence-electron chi connectivity index (χ2n) is 5.79. The fourth-order valence-corrected chi connectivity index (χ4v) is 3.79. The summed E-state index contributed by atoms with van der Waals surface area (Å²) in [5.41, 5.74) is 0. The van der Waals surface area contributed by atoms with Crippen LogP contribution in [0.4, 0.5) is 0 Å². The van der Waals surface area contributed by atoms with Gasteiger partial charge in [0, 0.05) is 17.8 Å².